The van der Waals surface area contributed by atoms with Gasteiger partial charge in [-0.15, -0.1) is 0 Å². The first-order valence-electron chi connectivity index (χ1n) is 7.01. The number of hydrogen-bond acceptors (Lipinski definition) is 2. The lowest BCUT2D eigenvalue weighted by Crippen LogP contribution is -2.43. The molecule has 0 atom stereocenters. The van der Waals surface area contributed by atoms with Gasteiger partial charge in [-0.2, -0.15) is 0 Å². The van der Waals surface area contributed by atoms with Crippen molar-refractivity contribution in [1.82, 2.24) is 5.32 Å². The Balaban J connectivity index is 1.80. The van der Waals surface area contributed by atoms with Crippen LogP contribution in [0.15, 0.2) is 24.3 Å². The number of nitrogens with one attached hydrogen (secondary N) is 2. The molecule has 0 unspecified atom stereocenters. The Morgan fingerprint density at radius 2 is 2.00 bits per heavy atom. The van der Waals surface area contributed by atoms with Crippen LogP contribution in [0, 0.1) is 5.41 Å². The number of carbonyl (C=O) groups is 1. The molecule has 2 amide bonds. The topological polar surface area (TPSA) is 67.2 Å². The lowest BCUT2D eigenvalue weighted by Gasteiger charge is -2.41. The first-order valence-corrected chi connectivity index (χ1v) is 7.01. The maximum absolute atomic E-state index is 11.8. The molecular formula is C15H23N3O. The predicted molar refractivity (Wildman–Crippen MR) is 77.9 cm³/mol. The minimum Gasteiger partial charge on any atom is -0.337 e. The number of hydrogen-bond donors (Lipinski definition) is 3. The fraction of sp³-hybridized carbons (Fsp3) is 0.533. The van der Waals surface area contributed by atoms with Crippen molar-refractivity contribution >= 4 is 11.7 Å². The lowest BCUT2D eigenvalue weighted by atomic mass is 9.67. The monoisotopic (exact) mass is 261 g/mol. The highest BCUT2D eigenvalue weighted by Gasteiger charge is 2.35. The zero-order valence-electron chi connectivity index (χ0n) is 11.5. The van der Waals surface area contributed by atoms with Gasteiger partial charge >= 0.3 is 6.03 Å². The van der Waals surface area contributed by atoms with Gasteiger partial charge in [0.05, 0.1) is 0 Å². The van der Waals surface area contributed by atoms with Crippen molar-refractivity contribution in [3.63, 3.8) is 0 Å². The van der Waals surface area contributed by atoms with Crippen molar-refractivity contribution in [1.29, 1.82) is 0 Å². The van der Waals surface area contributed by atoms with Crippen LogP contribution < -0.4 is 16.4 Å². The fourth-order valence-corrected chi connectivity index (χ4v) is 2.50. The number of rotatable bonds is 5. The van der Waals surface area contributed by atoms with Crippen LogP contribution >= 0.6 is 0 Å². The SMILES string of the molecule is CCC1(CNC(=O)Nc2ccc(CN)cc2)CCC1. The molecule has 4 N–H and O–H groups in total. The summed E-state index contributed by atoms with van der Waals surface area (Å²) in [5.74, 6) is 0. The summed E-state index contributed by atoms with van der Waals surface area (Å²) in [4.78, 5) is 11.8. The van der Waals surface area contributed by atoms with Crippen molar-refractivity contribution in [3.05, 3.63) is 29.8 Å². The van der Waals surface area contributed by atoms with Crippen molar-refractivity contribution < 1.29 is 4.79 Å². The molecule has 0 saturated heterocycles. The van der Waals surface area contributed by atoms with Gasteiger partial charge in [-0.1, -0.05) is 25.5 Å². The van der Waals surface area contributed by atoms with Gasteiger partial charge in [-0.3, -0.25) is 0 Å². The molecule has 1 aliphatic rings. The largest absolute Gasteiger partial charge is 0.337 e. The van der Waals surface area contributed by atoms with Gasteiger partial charge in [-0.05, 0) is 42.4 Å². The highest BCUT2D eigenvalue weighted by molar-refractivity contribution is 5.89. The Bertz CT molecular complexity index is 418. The zero-order valence-corrected chi connectivity index (χ0v) is 11.5. The number of carbonyl (C=O) groups excluding carboxylic acids is 1. The summed E-state index contributed by atoms with van der Waals surface area (Å²) in [5.41, 5.74) is 7.74. The van der Waals surface area contributed by atoms with Gasteiger partial charge in [0.1, 0.15) is 0 Å². The molecule has 0 radical (unpaired) electrons. The van der Waals surface area contributed by atoms with Gasteiger partial charge in [0.2, 0.25) is 0 Å². The van der Waals surface area contributed by atoms with Crippen LogP contribution in [0.2, 0.25) is 0 Å². The van der Waals surface area contributed by atoms with Crippen molar-refractivity contribution in [2.45, 2.75) is 39.2 Å². The van der Waals surface area contributed by atoms with E-state index in [1.54, 1.807) is 0 Å². The molecule has 4 heteroatoms. The standard InChI is InChI=1S/C15H23N3O/c1-2-15(8-3-9-15)11-17-14(19)18-13-6-4-12(10-16)5-7-13/h4-7H,2-3,8-11,16H2,1H3,(H2,17,18,19). The van der Waals surface area contributed by atoms with Crippen LogP contribution in [0.3, 0.4) is 0 Å². The van der Waals surface area contributed by atoms with Crippen LogP contribution in [-0.2, 0) is 6.54 Å². The van der Waals surface area contributed by atoms with Crippen molar-refractivity contribution in [2.24, 2.45) is 11.1 Å². The quantitative estimate of drug-likeness (QED) is 0.763. The lowest BCUT2D eigenvalue weighted by molar-refractivity contribution is 0.127. The third kappa shape index (κ3) is 3.47. The van der Waals surface area contributed by atoms with Gasteiger partial charge in [0.15, 0.2) is 0 Å². The van der Waals surface area contributed by atoms with Crippen molar-refractivity contribution in [2.75, 3.05) is 11.9 Å². The average Bonchev–Trinajstić information content (AvgIpc) is 2.39. The maximum atomic E-state index is 11.8. The first kappa shape index (κ1) is 13.9. The van der Waals surface area contributed by atoms with E-state index in [4.69, 9.17) is 5.73 Å². The van der Waals surface area contributed by atoms with Crippen LogP contribution in [0.25, 0.3) is 0 Å². The number of anilines is 1. The van der Waals surface area contributed by atoms with Gasteiger partial charge in [0.25, 0.3) is 0 Å². The molecule has 104 valence electrons. The Hall–Kier alpha value is -1.55. The zero-order chi connectivity index (χ0) is 13.7. The molecule has 19 heavy (non-hydrogen) atoms. The summed E-state index contributed by atoms with van der Waals surface area (Å²) in [6.07, 6.45) is 4.89. The average molecular weight is 261 g/mol. The highest BCUT2D eigenvalue weighted by atomic mass is 16.2. The summed E-state index contributed by atoms with van der Waals surface area (Å²) < 4.78 is 0. The molecule has 1 aliphatic carbocycles. The Morgan fingerprint density at radius 1 is 1.32 bits per heavy atom. The summed E-state index contributed by atoms with van der Waals surface area (Å²) in [7, 11) is 0. The normalized spacial score (nSPS) is 16.5. The van der Waals surface area contributed by atoms with E-state index in [0.29, 0.717) is 12.0 Å². The van der Waals surface area contributed by atoms with Crippen LogP contribution in [0.4, 0.5) is 10.5 Å². The maximum Gasteiger partial charge on any atom is 0.319 e. The Labute approximate surface area is 114 Å². The first-order chi connectivity index (χ1) is 9.17. The summed E-state index contributed by atoms with van der Waals surface area (Å²) in [6, 6.07) is 7.48. The Morgan fingerprint density at radius 3 is 2.47 bits per heavy atom. The number of urea groups is 1. The van der Waals surface area contributed by atoms with E-state index in [1.807, 2.05) is 24.3 Å². The van der Waals surface area contributed by atoms with E-state index in [1.165, 1.54) is 19.3 Å². The van der Waals surface area contributed by atoms with E-state index >= 15 is 0 Å². The number of benzene rings is 1. The third-order valence-corrected chi connectivity index (χ3v) is 4.24. The molecule has 0 aromatic heterocycles. The highest BCUT2D eigenvalue weighted by Crippen LogP contribution is 2.42. The molecular weight excluding hydrogens is 238 g/mol. The minimum atomic E-state index is -0.125. The molecule has 0 spiro atoms. The van der Waals surface area contributed by atoms with E-state index in [-0.39, 0.29) is 6.03 Å². The molecule has 4 nitrogen and oxygen atoms in total. The minimum absolute atomic E-state index is 0.125. The van der Waals surface area contributed by atoms with Crippen LogP contribution in [0.1, 0.15) is 38.2 Å². The summed E-state index contributed by atoms with van der Waals surface area (Å²) >= 11 is 0. The fourth-order valence-electron chi connectivity index (χ4n) is 2.50. The van der Waals surface area contributed by atoms with Crippen LogP contribution in [0.5, 0.6) is 0 Å². The predicted octanol–water partition coefficient (Wildman–Crippen LogP) is 2.85. The van der Waals surface area contributed by atoms with E-state index in [0.717, 1.165) is 24.2 Å². The molecule has 1 aromatic carbocycles. The molecule has 0 heterocycles. The second-order valence-electron chi connectivity index (χ2n) is 5.42. The van der Waals surface area contributed by atoms with Gasteiger partial charge in [0, 0.05) is 18.8 Å². The van der Waals surface area contributed by atoms with E-state index in [9.17, 15) is 4.79 Å². The van der Waals surface area contributed by atoms with Crippen LogP contribution in [-0.4, -0.2) is 12.6 Å². The smallest absolute Gasteiger partial charge is 0.319 e. The summed E-state index contributed by atoms with van der Waals surface area (Å²) in [6.45, 7) is 3.49. The molecule has 1 saturated carbocycles. The second-order valence-corrected chi connectivity index (χ2v) is 5.42. The molecule has 2 rings (SSSR count). The summed E-state index contributed by atoms with van der Waals surface area (Å²) in [5, 5.41) is 5.83. The van der Waals surface area contributed by atoms with E-state index in [2.05, 4.69) is 17.6 Å². The third-order valence-electron chi connectivity index (χ3n) is 4.24. The number of amides is 2. The number of nitrogens with two attached hydrogens (primary N) is 1. The van der Waals surface area contributed by atoms with Crippen molar-refractivity contribution in [3.8, 4) is 0 Å². The second kappa shape index (κ2) is 6.06. The molecule has 0 bridgehead atoms. The molecule has 0 aliphatic heterocycles. The molecule has 1 fully saturated rings. The van der Waals surface area contributed by atoms with E-state index < -0.39 is 0 Å². The van der Waals surface area contributed by atoms with Gasteiger partial charge < -0.3 is 16.4 Å². The van der Waals surface area contributed by atoms with Gasteiger partial charge in [-0.25, -0.2) is 4.79 Å². The molecule has 1 aromatic rings. The Kier molecular flexibility index (Phi) is 4.43.